The van der Waals surface area contributed by atoms with Crippen molar-refractivity contribution in [1.82, 2.24) is 15.0 Å². The third kappa shape index (κ3) is 3.59. The van der Waals surface area contributed by atoms with Gasteiger partial charge in [0.25, 0.3) is 0 Å². The summed E-state index contributed by atoms with van der Waals surface area (Å²) in [7, 11) is 0. The average Bonchev–Trinajstić information content (AvgIpc) is 3.03. The summed E-state index contributed by atoms with van der Waals surface area (Å²) in [5.74, 6) is 1.58. The van der Waals surface area contributed by atoms with Crippen molar-refractivity contribution in [1.29, 1.82) is 0 Å². The molecule has 0 spiro atoms. The first-order valence-corrected chi connectivity index (χ1v) is 8.70. The Balaban J connectivity index is 1.53. The second kappa shape index (κ2) is 6.86. The summed E-state index contributed by atoms with van der Waals surface area (Å²) in [5.41, 5.74) is 1.81. The number of hydrogen-bond acceptors (Lipinski definition) is 6. The minimum absolute atomic E-state index is 0.436. The molecular weight excluding hydrogens is 332 g/mol. The van der Waals surface area contributed by atoms with Crippen LogP contribution in [0.2, 0.25) is 0 Å². The van der Waals surface area contributed by atoms with E-state index in [0.29, 0.717) is 6.61 Å². The predicted molar refractivity (Wildman–Crippen MR) is 100 cm³/mol. The minimum atomic E-state index is 0.436. The normalized spacial score (nSPS) is 10.8. The fourth-order valence-electron chi connectivity index (χ4n) is 2.52. The molecule has 124 valence electrons. The number of fused-ring (bicyclic) bond motifs is 1. The molecule has 0 fully saturated rings. The number of benzene rings is 1. The molecule has 1 N–H and O–H groups in total. The Bertz CT molecular complexity index is 1000. The van der Waals surface area contributed by atoms with Gasteiger partial charge in [-0.2, -0.15) is 0 Å². The molecule has 0 aliphatic rings. The van der Waals surface area contributed by atoms with Gasteiger partial charge in [-0.05, 0) is 37.3 Å². The van der Waals surface area contributed by atoms with E-state index in [9.17, 15) is 0 Å². The second-order valence-electron chi connectivity index (χ2n) is 5.56. The van der Waals surface area contributed by atoms with Gasteiger partial charge in [0.2, 0.25) is 0 Å². The highest BCUT2D eigenvalue weighted by molar-refractivity contribution is 7.18. The summed E-state index contributed by atoms with van der Waals surface area (Å²) in [6.07, 6.45) is 3.35. The largest absolute Gasteiger partial charge is 0.487 e. The molecule has 0 bridgehead atoms. The molecule has 1 aromatic carbocycles. The van der Waals surface area contributed by atoms with Gasteiger partial charge in [0.05, 0.1) is 11.1 Å². The Morgan fingerprint density at radius 3 is 2.88 bits per heavy atom. The first-order chi connectivity index (χ1) is 12.3. The van der Waals surface area contributed by atoms with E-state index in [4.69, 9.17) is 4.74 Å². The molecule has 0 aliphatic carbocycles. The maximum atomic E-state index is 5.83. The molecule has 0 saturated heterocycles. The Morgan fingerprint density at radius 1 is 1.04 bits per heavy atom. The molecule has 0 radical (unpaired) electrons. The van der Waals surface area contributed by atoms with Crippen LogP contribution in [0.15, 0.2) is 61.1 Å². The van der Waals surface area contributed by atoms with E-state index in [1.807, 2.05) is 42.5 Å². The van der Waals surface area contributed by atoms with Gasteiger partial charge in [0, 0.05) is 22.8 Å². The third-order valence-corrected chi connectivity index (χ3v) is 4.62. The lowest BCUT2D eigenvalue weighted by Crippen LogP contribution is -1.99. The highest BCUT2D eigenvalue weighted by Gasteiger charge is 2.07. The van der Waals surface area contributed by atoms with Crippen molar-refractivity contribution in [2.24, 2.45) is 0 Å². The van der Waals surface area contributed by atoms with Crippen LogP contribution in [0.5, 0.6) is 5.75 Å². The van der Waals surface area contributed by atoms with Crippen LogP contribution < -0.4 is 10.1 Å². The van der Waals surface area contributed by atoms with Crippen LogP contribution in [0.3, 0.4) is 0 Å². The number of aromatic nitrogens is 3. The van der Waals surface area contributed by atoms with Crippen molar-refractivity contribution >= 4 is 33.1 Å². The molecule has 4 aromatic rings. The number of rotatable bonds is 5. The van der Waals surface area contributed by atoms with E-state index in [2.05, 4.69) is 33.3 Å². The van der Waals surface area contributed by atoms with Crippen molar-refractivity contribution in [3.63, 3.8) is 0 Å². The molecule has 0 unspecified atom stereocenters. The fraction of sp³-hybridized carbons (Fsp3) is 0.105. The molecule has 3 heterocycles. The zero-order chi connectivity index (χ0) is 17.1. The molecule has 25 heavy (non-hydrogen) atoms. The predicted octanol–water partition coefficient (Wildman–Crippen LogP) is 4.72. The number of pyridine rings is 1. The van der Waals surface area contributed by atoms with Gasteiger partial charge in [-0.3, -0.25) is 4.98 Å². The number of aryl methyl sites for hydroxylation is 1. The molecule has 6 heteroatoms. The van der Waals surface area contributed by atoms with Crippen LogP contribution in [-0.2, 0) is 6.61 Å². The van der Waals surface area contributed by atoms with Crippen molar-refractivity contribution in [3.8, 4) is 5.75 Å². The summed E-state index contributed by atoms with van der Waals surface area (Å²) < 4.78 is 5.83. The van der Waals surface area contributed by atoms with Crippen LogP contribution in [0.25, 0.3) is 10.2 Å². The van der Waals surface area contributed by atoms with Gasteiger partial charge < -0.3 is 10.1 Å². The summed E-state index contributed by atoms with van der Waals surface area (Å²) in [6.45, 7) is 2.51. The zero-order valence-corrected chi connectivity index (χ0v) is 14.5. The number of thiophene rings is 1. The number of nitrogens with one attached hydrogen (secondary N) is 1. The lowest BCUT2D eigenvalue weighted by molar-refractivity contribution is 0.301. The molecular formula is C19H16N4OS. The highest BCUT2D eigenvalue weighted by Crippen LogP contribution is 2.30. The van der Waals surface area contributed by atoms with Crippen molar-refractivity contribution in [2.45, 2.75) is 13.5 Å². The van der Waals surface area contributed by atoms with E-state index < -0.39 is 0 Å². The number of nitrogens with zero attached hydrogens (tertiary/aromatic N) is 3. The van der Waals surface area contributed by atoms with E-state index in [1.54, 1.807) is 23.9 Å². The van der Waals surface area contributed by atoms with Crippen molar-refractivity contribution in [3.05, 3.63) is 71.6 Å². The SMILES string of the molecule is Cc1cc2c(Nc3cccc(OCc4ccccn4)c3)ncnc2s1. The van der Waals surface area contributed by atoms with Crippen LogP contribution >= 0.6 is 11.3 Å². The third-order valence-electron chi connectivity index (χ3n) is 3.66. The van der Waals surface area contributed by atoms with Gasteiger partial charge in [-0.15, -0.1) is 11.3 Å². The summed E-state index contributed by atoms with van der Waals surface area (Å²) in [4.78, 5) is 15.2. The smallest absolute Gasteiger partial charge is 0.142 e. The summed E-state index contributed by atoms with van der Waals surface area (Å²) in [6, 6.07) is 15.7. The monoisotopic (exact) mass is 348 g/mol. The molecule has 0 amide bonds. The van der Waals surface area contributed by atoms with Crippen LogP contribution in [0.1, 0.15) is 10.6 Å². The van der Waals surface area contributed by atoms with Crippen LogP contribution in [0.4, 0.5) is 11.5 Å². The molecule has 0 atom stereocenters. The Morgan fingerprint density at radius 2 is 2.00 bits per heavy atom. The average molecular weight is 348 g/mol. The number of anilines is 2. The Hall–Kier alpha value is -2.99. The van der Waals surface area contributed by atoms with E-state index >= 15 is 0 Å². The van der Waals surface area contributed by atoms with Gasteiger partial charge in [0.1, 0.15) is 29.3 Å². The van der Waals surface area contributed by atoms with Gasteiger partial charge >= 0.3 is 0 Å². The lowest BCUT2D eigenvalue weighted by Gasteiger charge is -2.09. The zero-order valence-electron chi connectivity index (χ0n) is 13.6. The number of hydrogen-bond donors (Lipinski definition) is 1. The molecule has 3 aromatic heterocycles. The molecule has 4 rings (SSSR count). The van der Waals surface area contributed by atoms with E-state index in [-0.39, 0.29) is 0 Å². The van der Waals surface area contributed by atoms with Gasteiger partial charge in [0.15, 0.2) is 0 Å². The first-order valence-electron chi connectivity index (χ1n) is 7.89. The fourth-order valence-corrected chi connectivity index (χ4v) is 3.36. The van der Waals surface area contributed by atoms with Crippen molar-refractivity contribution in [2.75, 3.05) is 5.32 Å². The molecule has 0 saturated carbocycles. The standard InChI is InChI=1S/C19H16N4OS/c1-13-9-17-18(21-12-22-19(17)25-13)23-14-6-4-7-16(10-14)24-11-15-5-2-3-8-20-15/h2-10,12H,11H2,1H3,(H,21,22,23). The lowest BCUT2D eigenvalue weighted by atomic mass is 10.3. The minimum Gasteiger partial charge on any atom is -0.487 e. The van der Waals surface area contributed by atoms with Crippen LogP contribution in [0, 0.1) is 6.92 Å². The quantitative estimate of drug-likeness (QED) is 0.565. The van der Waals surface area contributed by atoms with Gasteiger partial charge in [-0.25, -0.2) is 9.97 Å². The topological polar surface area (TPSA) is 59.9 Å². The Labute approximate surface area is 149 Å². The molecule has 5 nitrogen and oxygen atoms in total. The Kier molecular flexibility index (Phi) is 4.26. The first kappa shape index (κ1) is 15.5. The van der Waals surface area contributed by atoms with Crippen LogP contribution in [-0.4, -0.2) is 15.0 Å². The molecule has 0 aliphatic heterocycles. The highest BCUT2D eigenvalue weighted by atomic mass is 32.1. The summed E-state index contributed by atoms with van der Waals surface area (Å²) >= 11 is 1.66. The van der Waals surface area contributed by atoms with Crippen molar-refractivity contribution < 1.29 is 4.74 Å². The second-order valence-corrected chi connectivity index (χ2v) is 6.80. The van der Waals surface area contributed by atoms with E-state index in [0.717, 1.165) is 33.2 Å². The maximum absolute atomic E-state index is 5.83. The summed E-state index contributed by atoms with van der Waals surface area (Å²) in [5, 5.41) is 4.39. The van der Waals surface area contributed by atoms with E-state index in [1.165, 1.54) is 4.88 Å². The number of ether oxygens (including phenoxy) is 1. The van der Waals surface area contributed by atoms with Gasteiger partial charge in [-0.1, -0.05) is 12.1 Å². The maximum Gasteiger partial charge on any atom is 0.142 e.